The summed E-state index contributed by atoms with van der Waals surface area (Å²) in [6.07, 6.45) is 1.57. The van der Waals surface area contributed by atoms with Gasteiger partial charge in [0, 0.05) is 12.7 Å². The van der Waals surface area contributed by atoms with Crippen LogP contribution in [0.3, 0.4) is 0 Å². The molecule has 30 heavy (non-hydrogen) atoms. The number of methoxy groups -OCH3 is 2. The zero-order chi connectivity index (χ0) is 21.7. The number of anilines is 2. The molecular formula is C20H21BrN2O6S. The summed E-state index contributed by atoms with van der Waals surface area (Å²) in [5, 5.41) is 2.98. The largest absolute Gasteiger partial charge is 0.495 e. The van der Waals surface area contributed by atoms with Gasteiger partial charge in [-0.15, -0.1) is 0 Å². The SMILES string of the molecule is CCS(=O)(=O)c1ccc(OC)c(Nc2ncc(-c3ccc(OCOC)c(Br)c3)o2)c1. The molecule has 3 rings (SSSR count). The number of hydrogen-bond acceptors (Lipinski definition) is 8. The molecule has 0 radical (unpaired) electrons. The average Bonchev–Trinajstić information content (AvgIpc) is 3.21. The molecule has 0 aliphatic rings. The van der Waals surface area contributed by atoms with E-state index in [-0.39, 0.29) is 23.5 Å². The van der Waals surface area contributed by atoms with Crippen LogP contribution in [0.2, 0.25) is 0 Å². The van der Waals surface area contributed by atoms with Crippen molar-refractivity contribution in [2.24, 2.45) is 0 Å². The quantitative estimate of drug-likeness (QED) is 0.427. The van der Waals surface area contributed by atoms with Gasteiger partial charge in [-0.3, -0.25) is 0 Å². The molecule has 8 nitrogen and oxygen atoms in total. The first kappa shape index (κ1) is 22.1. The van der Waals surface area contributed by atoms with Gasteiger partial charge in [-0.05, 0) is 52.3 Å². The van der Waals surface area contributed by atoms with Gasteiger partial charge in [0.25, 0.3) is 6.01 Å². The molecule has 0 unspecified atom stereocenters. The predicted octanol–water partition coefficient (Wildman–Crippen LogP) is 4.63. The van der Waals surface area contributed by atoms with Crippen molar-refractivity contribution in [3.63, 3.8) is 0 Å². The molecular weight excluding hydrogens is 476 g/mol. The number of sulfone groups is 1. The lowest BCUT2D eigenvalue weighted by Crippen LogP contribution is -2.05. The molecule has 1 N–H and O–H groups in total. The van der Waals surface area contributed by atoms with E-state index in [0.717, 1.165) is 10.0 Å². The Kier molecular flexibility index (Phi) is 7.01. The molecule has 0 fully saturated rings. The summed E-state index contributed by atoms with van der Waals surface area (Å²) in [6, 6.07) is 10.2. The Morgan fingerprint density at radius 2 is 1.90 bits per heavy atom. The Hall–Kier alpha value is -2.56. The lowest BCUT2D eigenvalue weighted by molar-refractivity contribution is 0.0506. The summed E-state index contributed by atoms with van der Waals surface area (Å²) in [4.78, 5) is 4.42. The lowest BCUT2D eigenvalue weighted by Gasteiger charge is -2.11. The number of halogens is 1. The first-order chi connectivity index (χ1) is 14.4. The number of nitrogens with zero attached hydrogens (tertiary/aromatic N) is 1. The number of hydrogen-bond donors (Lipinski definition) is 1. The molecule has 0 aliphatic heterocycles. The Balaban J connectivity index is 1.85. The summed E-state index contributed by atoms with van der Waals surface area (Å²) in [6.45, 7) is 1.74. The maximum absolute atomic E-state index is 12.2. The van der Waals surface area contributed by atoms with Crippen LogP contribution >= 0.6 is 15.9 Å². The van der Waals surface area contributed by atoms with E-state index in [9.17, 15) is 8.42 Å². The third-order valence-corrected chi connectivity index (χ3v) is 6.56. The highest BCUT2D eigenvalue weighted by atomic mass is 79.9. The molecule has 10 heteroatoms. The number of ether oxygens (including phenoxy) is 3. The summed E-state index contributed by atoms with van der Waals surface area (Å²) in [5.41, 5.74) is 1.21. The molecule has 0 aliphatic carbocycles. The van der Waals surface area contributed by atoms with E-state index >= 15 is 0 Å². The monoisotopic (exact) mass is 496 g/mol. The van der Waals surface area contributed by atoms with E-state index in [2.05, 4.69) is 26.2 Å². The van der Waals surface area contributed by atoms with Crippen LogP contribution in [0.4, 0.5) is 11.7 Å². The molecule has 1 heterocycles. The molecule has 0 amide bonds. The summed E-state index contributed by atoms with van der Waals surface area (Å²) < 4.78 is 46.6. The van der Waals surface area contributed by atoms with Gasteiger partial charge >= 0.3 is 0 Å². The average molecular weight is 497 g/mol. The van der Waals surface area contributed by atoms with E-state index in [4.69, 9.17) is 18.6 Å². The number of aromatic nitrogens is 1. The first-order valence-corrected chi connectivity index (χ1v) is 11.4. The van der Waals surface area contributed by atoms with Crippen molar-refractivity contribution < 1.29 is 27.0 Å². The standard InChI is InChI=1S/C20H21BrN2O6S/c1-4-30(24,25)14-6-8-18(27-3)16(10-14)23-20-22-11-19(29-20)13-5-7-17(15(21)9-13)28-12-26-2/h5-11H,4,12H2,1-3H3,(H,22,23). The van der Waals surface area contributed by atoms with Gasteiger partial charge in [0.2, 0.25) is 0 Å². The van der Waals surface area contributed by atoms with E-state index < -0.39 is 9.84 Å². The summed E-state index contributed by atoms with van der Waals surface area (Å²) in [7, 11) is -0.314. The van der Waals surface area contributed by atoms with Crippen LogP contribution in [0.15, 0.2) is 56.4 Å². The number of oxazole rings is 1. The van der Waals surface area contributed by atoms with Gasteiger partial charge in [-0.2, -0.15) is 0 Å². The van der Waals surface area contributed by atoms with Crippen LogP contribution in [0.1, 0.15) is 6.92 Å². The van der Waals surface area contributed by atoms with Crippen LogP contribution in [0, 0.1) is 0 Å². The van der Waals surface area contributed by atoms with Crippen molar-refractivity contribution in [3.05, 3.63) is 47.1 Å². The smallest absolute Gasteiger partial charge is 0.299 e. The number of nitrogens with one attached hydrogen (secondary N) is 1. The normalized spacial score (nSPS) is 11.3. The summed E-state index contributed by atoms with van der Waals surface area (Å²) in [5.74, 6) is 1.62. The van der Waals surface area contributed by atoms with E-state index in [0.29, 0.717) is 22.9 Å². The number of benzene rings is 2. The predicted molar refractivity (Wildman–Crippen MR) is 116 cm³/mol. The minimum Gasteiger partial charge on any atom is -0.495 e. The fourth-order valence-electron chi connectivity index (χ4n) is 2.62. The molecule has 0 atom stereocenters. The van der Waals surface area contributed by atoms with Crippen LogP contribution in [-0.2, 0) is 14.6 Å². The van der Waals surface area contributed by atoms with Crippen molar-refractivity contribution in [1.82, 2.24) is 4.98 Å². The maximum atomic E-state index is 12.2. The minimum absolute atomic E-state index is 0.000880. The molecule has 2 aromatic carbocycles. The molecule has 0 spiro atoms. The summed E-state index contributed by atoms with van der Waals surface area (Å²) >= 11 is 3.46. The van der Waals surface area contributed by atoms with E-state index in [1.54, 1.807) is 32.4 Å². The topological polar surface area (TPSA) is 99.9 Å². The Morgan fingerprint density at radius 3 is 2.57 bits per heavy atom. The first-order valence-electron chi connectivity index (χ1n) is 8.93. The van der Waals surface area contributed by atoms with Crippen molar-refractivity contribution in [2.45, 2.75) is 11.8 Å². The Morgan fingerprint density at radius 1 is 1.13 bits per heavy atom. The van der Waals surface area contributed by atoms with E-state index in [1.807, 2.05) is 12.1 Å². The van der Waals surface area contributed by atoms with Crippen molar-refractivity contribution in [3.8, 4) is 22.8 Å². The zero-order valence-corrected chi connectivity index (χ0v) is 19.0. The molecule has 160 valence electrons. The second kappa shape index (κ2) is 9.50. The highest BCUT2D eigenvalue weighted by Crippen LogP contribution is 2.34. The zero-order valence-electron chi connectivity index (χ0n) is 16.6. The number of rotatable bonds is 9. The van der Waals surface area contributed by atoms with Gasteiger partial charge in [-0.25, -0.2) is 13.4 Å². The molecule has 0 bridgehead atoms. The highest BCUT2D eigenvalue weighted by molar-refractivity contribution is 9.10. The van der Waals surface area contributed by atoms with Crippen LogP contribution in [-0.4, -0.2) is 40.2 Å². The second-order valence-electron chi connectivity index (χ2n) is 6.12. The minimum atomic E-state index is -3.36. The Labute approximate surface area is 183 Å². The van der Waals surface area contributed by atoms with Gasteiger partial charge in [0.05, 0.1) is 34.1 Å². The van der Waals surface area contributed by atoms with Crippen molar-refractivity contribution in [2.75, 3.05) is 32.1 Å². The fraction of sp³-hybridized carbons (Fsp3) is 0.250. The van der Waals surface area contributed by atoms with Crippen LogP contribution in [0.5, 0.6) is 11.5 Å². The maximum Gasteiger partial charge on any atom is 0.299 e. The van der Waals surface area contributed by atoms with Gasteiger partial charge < -0.3 is 23.9 Å². The molecule has 0 saturated carbocycles. The van der Waals surface area contributed by atoms with Crippen molar-refractivity contribution in [1.29, 1.82) is 0 Å². The lowest BCUT2D eigenvalue weighted by atomic mass is 10.2. The van der Waals surface area contributed by atoms with Crippen LogP contribution < -0.4 is 14.8 Å². The Bertz CT molecular complexity index is 1130. The van der Waals surface area contributed by atoms with E-state index in [1.165, 1.54) is 19.2 Å². The third kappa shape index (κ3) is 4.94. The van der Waals surface area contributed by atoms with Crippen molar-refractivity contribution >= 4 is 37.5 Å². The molecule has 0 saturated heterocycles. The van der Waals surface area contributed by atoms with Crippen LogP contribution in [0.25, 0.3) is 11.3 Å². The molecule has 3 aromatic rings. The second-order valence-corrected chi connectivity index (χ2v) is 9.25. The fourth-order valence-corrected chi connectivity index (χ4v) is 4.02. The molecule has 1 aromatic heterocycles. The van der Waals surface area contributed by atoms with Gasteiger partial charge in [-0.1, -0.05) is 6.92 Å². The third-order valence-electron chi connectivity index (χ3n) is 4.21. The van der Waals surface area contributed by atoms with Gasteiger partial charge in [0.15, 0.2) is 22.4 Å². The van der Waals surface area contributed by atoms with Gasteiger partial charge in [0.1, 0.15) is 11.5 Å². The highest BCUT2D eigenvalue weighted by Gasteiger charge is 2.16.